The van der Waals surface area contributed by atoms with Gasteiger partial charge in [-0.2, -0.15) is 0 Å². The zero-order chi connectivity index (χ0) is 10.0. The van der Waals surface area contributed by atoms with Gasteiger partial charge in [-0.25, -0.2) is 0 Å². The molecule has 1 aliphatic rings. The molecule has 0 spiro atoms. The molecule has 1 aromatic rings. The minimum absolute atomic E-state index is 0.247. The van der Waals surface area contributed by atoms with E-state index in [1.54, 1.807) is 0 Å². The Morgan fingerprint density at radius 2 is 2.50 bits per heavy atom. The first-order chi connectivity index (χ1) is 6.70. The molecule has 76 valence electrons. The van der Waals surface area contributed by atoms with Gasteiger partial charge in [-0.1, -0.05) is 0 Å². The van der Waals surface area contributed by atoms with Crippen LogP contribution in [0.4, 0.5) is 0 Å². The maximum atomic E-state index is 4.40. The van der Waals surface area contributed by atoms with Crippen LogP contribution in [-0.4, -0.2) is 17.1 Å². The number of hydrogen-bond donors (Lipinski definition) is 1. The summed E-state index contributed by atoms with van der Waals surface area (Å²) in [7, 11) is 0. The Kier molecular flexibility index (Phi) is 2.88. The quantitative estimate of drug-likeness (QED) is 0.878. The molecule has 1 aliphatic heterocycles. The zero-order valence-corrected chi connectivity index (χ0v) is 9.97. The van der Waals surface area contributed by atoms with Crippen molar-refractivity contribution in [1.82, 2.24) is 10.3 Å². The molecule has 0 radical (unpaired) electrons. The molecular weight excluding hydrogens is 240 g/mol. The Balaban J connectivity index is 2.14. The molecule has 2 heterocycles. The zero-order valence-electron chi connectivity index (χ0n) is 8.39. The maximum absolute atomic E-state index is 4.40. The summed E-state index contributed by atoms with van der Waals surface area (Å²) in [6, 6.07) is 4.01. The van der Waals surface area contributed by atoms with E-state index < -0.39 is 0 Å². The summed E-state index contributed by atoms with van der Waals surface area (Å²) in [5.41, 5.74) is 1.40. The highest BCUT2D eigenvalue weighted by molar-refractivity contribution is 9.10. The van der Waals surface area contributed by atoms with Crippen LogP contribution in [0.2, 0.25) is 0 Å². The number of aromatic nitrogens is 1. The third kappa shape index (κ3) is 2.15. The average molecular weight is 255 g/mol. The Morgan fingerprint density at radius 3 is 3.14 bits per heavy atom. The van der Waals surface area contributed by atoms with Gasteiger partial charge >= 0.3 is 0 Å². The highest BCUT2D eigenvalue weighted by atomic mass is 79.9. The summed E-state index contributed by atoms with van der Waals surface area (Å²) in [6.07, 6.45) is 5.39. The number of hydrogen-bond acceptors (Lipinski definition) is 2. The standard InChI is InChI=1S/C11H15BrN2/c1-11(5-3-7-14-11)8-10-9(12)4-2-6-13-10/h2,4,6,14H,3,5,7-8H2,1H3. The van der Waals surface area contributed by atoms with Crippen LogP contribution in [0.15, 0.2) is 22.8 Å². The molecule has 0 amide bonds. The van der Waals surface area contributed by atoms with Crippen molar-refractivity contribution in [1.29, 1.82) is 0 Å². The summed E-state index contributed by atoms with van der Waals surface area (Å²) in [5, 5.41) is 3.55. The number of rotatable bonds is 2. The van der Waals surface area contributed by atoms with E-state index in [1.807, 2.05) is 12.3 Å². The smallest absolute Gasteiger partial charge is 0.0563 e. The molecule has 1 fully saturated rings. The highest BCUT2D eigenvalue weighted by Crippen LogP contribution is 2.25. The SMILES string of the molecule is CC1(Cc2ncccc2Br)CCCN1. The predicted octanol–water partition coefficient (Wildman–Crippen LogP) is 2.53. The monoisotopic (exact) mass is 254 g/mol. The molecular formula is C11H15BrN2. The van der Waals surface area contributed by atoms with Crippen LogP contribution in [0.25, 0.3) is 0 Å². The highest BCUT2D eigenvalue weighted by Gasteiger charge is 2.29. The molecule has 2 rings (SSSR count). The van der Waals surface area contributed by atoms with Crippen LogP contribution in [0.5, 0.6) is 0 Å². The fourth-order valence-corrected chi connectivity index (χ4v) is 2.42. The van der Waals surface area contributed by atoms with E-state index in [9.17, 15) is 0 Å². The lowest BCUT2D eigenvalue weighted by molar-refractivity contribution is 0.408. The van der Waals surface area contributed by atoms with Crippen molar-refractivity contribution in [3.05, 3.63) is 28.5 Å². The largest absolute Gasteiger partial charge is 0.311 e. The second-order valence-corrected chi connectivity index (χ2v) is 5.05. The summed E-state index contributed by atoms with van der Waals surface area (Å²) in [6.45, 7) is 3.42. The molecule has 1 saturated heterocycles. The van der Waals surface area contributed by atoms with Crippen LogP contribution >= 0.6 is 15.9 Å². The van der Waals surface area contributed by atoms with Crippen LogP contribution in [0.1, 0.15) is 25.5 Å². The molecule has 0 saturated carbocycles. The van der Waals surface area contributed by atoms with E-state index in [4.69, 9.17) is 0 Å². The van der Waals surface area contributed by atoms with Gasteiger partial charge in [0.25, 0.3) is 0 Å². The molecule has 1 atom stereocenters. The molecule has 14 heavy (non-hydrogen) atoms. The summed E-state index contributed by atoms with van der Waals surface area (Å²) in [4.78, 5) is 4.40. The minimum atomic E-state index is 0.247. The molecule has 2 nitrogen and oxygen atoms in total. The maximum Gasteiger partial charge on any atom is 0.0563 e. The normalized spacial score (nSPS) is 26.7. The van der Waals surface area contributed by atoms with Gasteiger partial charge in [0.15, 0.2) is 0 Å². The summed E-state index contributed by atoms with van der Waals surface area (Å²) in [5.74, 6) is 0. The molecule has 1 unspecified atom stereocenters. The first-order valence-electron chi connectivity index (χ1n) is 5.04. The van der Waals surface area contributed by atoms with Crippen molar-refractivity contribution in [2.24, 2.45) is 0 Å². The average Bonchev–Trinajstić information content (AvgIpc) is 2.57. The second-order valence-electron chi connectivity index (χ2n) is 4.20. The molecule has 3 heteroatoms. The molecule has 0 bridgehead atoms. The topological polar surface area (TPSA) is 24.9 Å². The molecule has 0 aromatic carbocycles. The summed E-state index contributed by atoms with van der Waals surface area (Å²) >= 11 is 3.54. The van der Waals surface area contributed by atoms with Gasteiger partial charge in [0.1, 0.15) is 0 Å². The van der Waals surface area contributed by atoms with Crippen molar-refractivity contribution in [2.45, 2.75) is 31.7 Å². The van der Waals surface area contributed by atoms with E-state index in [2.05, 4.69) is 39.2 Å². The first kappa shape index (κ1) is 10.1. The van der Waals surface area contributed by atoms with E-state index in [1.165, 1.54) is 12.8 Å². The third-order valence-electron chi connectivity index (χ3n) is 2.85. The fourth-order valence-electron chi connectivity index (χ4n) is 2.03. The van der Waals surface area contributed by atoms with E-state index in [0.717, 1.165) is 23.1 Å². The van der Waals surface area contributed by atoms with Gasteiger partial charge in [-0.05, 0) is 54.4 Å². The lowest BCUT2D eigenvalue weighted by Gasteiger charge is -2.24. The predicted molar refractivity (Wildman–Crippen MR) is 61.3 cm³/mol. The lowest BCUT2D eigenvalue weighted by atomic mass is 9.94. The number of nitrogens with one attached hydrogen (secondary N) is 1. The molecule has 0 aliphatic carbocycles. The van der Waals surface area contributed by atoms with Crippen molar-refractivity contribution < 1.29 is 0 Å². The molecule has 1 N–H and O–H groups in total. The minimum Gasteiger partial charge on any atom is -0.311 e. The Bertz CT molecular complexity index is 319. The van der Waals surface area contributed by atoms with Gasteiger partial charge in [0.2, 0.25) is 0 Å². The number of nitrogens with zero attached hydrogens (tertiary/aromatic N) is 1. The van der Waals surface area contributed by atoms with Crippen LogP contribution in [-0.2, 0) is 6.42 Å². The van der Waals surface area contributed by atoms with Gasteiger partial charge in [0.05, 0.1) is 5.69 Å². The van der Waals surface area contributed by atoms with Crippen LogP contribution < -0.4 is 5.32 Å². The van der Waals surface area contributed by atoms with E-state index >= 15 is 0 Å². The number of pyridine rings is 1. The number of halogens is 1. The van der Waals surface area contributed by atoms with Gasteiger partial charge in [-0.3, -0.25) is 4.98 Å². The summed E-state index contributed by atoms with van der Waals surface area (Å²) < 4.78 is 1.12. The third-order valence-corrected chi connectivity index (χ3v) is 3.57. The van der Waals surface area contributed by atoms with Crippen molar-refractivity contribution in [3.8, 4) is 0 Å². The second kappa shape index (κ2) is 3.99. The Labute approximate surface area is 93.3 Å². The van der Waals surface area contributed by atoms with Crippen LogP contribution in [0.3, 0.4) is 0 Å². The fraction of sp³-hybridized carbons (Fsp3) is 0.545. The lowest BCUT2D eigenvalue weighted by Crippen LogP contribution is -2.38. The first-order valence-corrected chi connectivity index (χ1v) is 5.83. The Hall–Kier alpha value is -0.410. The van der Waals surface area contributed by atoms with Crippen molar-refractivity contribution >= 4 is 15.9 Å². The van der Waals surface area contributed by atoms with E-state index in [0.29, 0.717) is 0 Å². The molecule has 1 aromatic heterocycles. The van der Waals surface area contributed by atoms with E-state index in [-0.39, 0.29) is 5.54 Å². The Morgan fingerprint density at radius 1 is 1.64 bits per heavy atom. The van der Waals surface area contributed by atoms with Gasteiger partial charge < -0.3 is 5.32 Å². The van der Waals surface area contributed by atoms with Crippen molar-refractivity contribution in [3.63, 3.8) is 0 Å². The van der Waals surface area contributed by atoms with Gasteiger partial charge in [0, 0.05) is 22.6 Å². The van der Waals surface area contributed by atoms with Gasteiger partial charge in [-0.15, -0.1) is 0 Å². The van der Waals surface area contributed by atoms with Crippen molar-refractivity contribution in [2.75, 3.05) is 6.54 Å². The van der Waals surface area contributed by atoms with Crippen LogP contribution in [0, 0.1) is 0 Å².